The van der Waals surface area contributed by atoms with Crippen molar-refractivity contribution in [1.29, 1.82) is 0 Å². The van der Waals surface area contributed by atoms with Crippen molar-refractivity contribution in [2.45, 2.75) is 51.1 Å². The van der Waals surface area contributed by atoms with E-state index in [0.29, 0.717) is 12.2 Å². The molecule has 2 amide bonds. The number of hydrogen-bond acceptors (Lipinski definition) is 3. The van der Waals surface area contributed by atoms with Crippen molar-refractivity contribution < 1.29 is 9.18 Å². The molecule has 7 heteroatoms. The highest BCUT2D eigenvalue weighted by atomic mass is 19.1. The smallest absolute Gasteiger partial charge is 0.314 e. The number of urea groups is 1. The van der Waals surface area contributed by atoms with E-state index in [4.69, 9.17) is 0 Å². The zero-order valence-corrected chi connectivity index (χ0v) is 14.1. The second kappa shape index (κ2) is 6.82. The summed E-state index contributed by atoms with van der Waals surface area (Å²) in [5.74, 6) is 1.63. The minimum Gasteiger partial charge on any atom is -0.314 e. The molecule has 1 N–H and O–H groups in total. The van der Waals surface area contributed by atoms with E-state index in [1.807, 2.05) is 4.90 Å². The van der Waals surface area contributed by atoms with Gasteiger partial charge in [-0.05, 0) is 49.9 Å². The number of rotatable bonds is 2. The van der Waals surface area contributed by atoms with Crippen LogP contribution in [0.2, 0.25) is 0 Å². The highest BCUT2D eigenvalue weighted by Crippen LogP contribution is 2.32. The number of benzene rings is 1. The summed E-state index contributed by atoms with van der Waals surface area (Å²) in [5.41, 5.74) is 0.595. The van der Waals surface area contributed by atoms with Crippen LogP contribution in [0.25, 0.3) is 0 Å². The van der Waals surface area contributed by atoms with Gasteiger partial charge in [0.25, 0.3) is 0 Å². The Morgan fingerprint density at radius 1 is 1.08 bits per heavy atom. The first-order valence-corrected chi connectivity index (χ1v) is 8.97. The highest BCUT2D eigenvalue weighted by Gasteiger charge is 2.34. The molecule has 1 saturated heterocycles. The number of nitrogens with zero attached hydrogens (tertiary/aromatic N) is 4. The maximum Gasteiger partial charge on any atom is 0.322 e. The van der Waals surface area contributed by atoms with Crippen LogP contribution >= 0.6 is 0 Å². The van der Waals surface area contributed by atoms with Crippen LogP contribution in [-0.4, -0.2) is 32.2 Å². The molecule has 2 aliphatic rings. The topological polar surface area (TPSA) is 63.1 Å². The quantitative estimate of drug-likeness (QED) is 0.907. The van der Waals surface area contributed by atoms with Gasteiger partial charge in [0.2, 0.25) is 0 Å². The molecule has 4 rings (SSSR count). The van der Waals surface area contributed by atoms with Crippen LogP contribution in [-0.2, 0) is 13.0 Å². The number of hydrogen-bond donors (Lipinski definition) is 1. The number of anilines is 1. The van der Waals surface area contributed by atoms with Gasteiger partial charge in [-0.15, -0.1) is 10.2 Å². The molecule has 0 bridgehead atoms. The molecule has 0 saturated carbocycles. The summed E-state index contributed by atoms with van der Waals surface area (Å²) in [6.45, 7) is 1.63. The number of halogens is 1. The molecule has 1 fully saturated rings. The standard InChI is InChI=1S/C18H22FN5O/c19-13-7-9-14(10-8-13)20-18(25)23-12-4-5-15(23)17-22-21-16-6-2-1-3-11-24(16)17/h7-10,15H,1-6,11-12H2,(H,20,25)/t15-/m1/s1. The Balaban J connectivity index is 1.53. The van der Waals surface area contributed by atoms with Crippen LogP contribution in [0.5, 0.6) is 0 Å². The lowest BCUT2D eigenvalue weighted by Crippen LogP contribution is -2.35. The Hall–Kier alpha value is -2.44. The molecule has 1 aromatic carbocycles. The van der Waals surface area contributed by atoms with Crippen molar-refractivity contribution in [1.82, 2.24) is 19.7 Å². The summed E-state index contributed by atoms with van der Waals surface area (Å²) in [7, 11) is 0. The van der Waals surface area contributed by atoms with E-state index in [-0.39, 0.29) is 17.9 Å². The molecule has 25 heavy (non-hydrogen) atoms. The largest absolute Gasteiger partial charge is 0.322 e. The highest BCUT2D eigenvalue weighted by molar-refractivity contribution is 5.89. The first-order chi connectivity index (χ1) is 12.2. The Kier molecular flexibility index (Phi) is 4.38. The summed E-state index contributed by atoms with van der Waals surface area (Å²) in [6.07, 6.45) is 6.30. The SMILES string of the molecule is O=C(Nc1ccc(F)cc1)N1CCC[C@@H]1c1nnc2n1CCCCC2. The van der Waals surface area contributed by atoms with Crippen molar-refractivity contribution in [2.24, 2.45) is 0 Å². The first kappa shape index (κ1) is 16.1. The Morgan fingerprint density at radius 3 is 2.76 bits per heavy atom. The normalized spacial score (nSPS) is 20.2. The predicted octanol–water partition coefficient (Wildman–Crippen LogP) is 3.51. The van der Waals surface area contributed by atoms with Gasteiger partial charge < -0.3 is 14.8 Å². The van der Waals surface area contributed by atoms with E-state index >= 15 is 0 Å². The third kappa shape index (κ3) is 3.23. The molecule has 1 aromatic heterocycles. The molecule has 1 atom stereocenters. The molecule has 2 aliphatic heterocycles. The molecular formula is C18H22FN5O. The molecular weight excluding hydrogens is 321 g/mol. The zero-order chi connectivity index (χ0) is 17.2. The van der Waals surface area contributed by atoms with Gasteiger partial charge in [-0.2, -0.15) is 0 Å². The molecule has 0 aliphatic carbocycles. The fraction of sp³-hybridized carbons (Fsp3) is 0.500. The average molecular weight is 343 g/mol. The Morgan fingerprint density at radius 2 is 1.92 bits per heavy atom. The van der Waals surface area contributed by atoms with E-state index in [9.17, 15) is 9.18 Å². The van der Waals surface area contributed by atoms with Gasteiger partial charge in [0.1, 0.15) is 11.6 Å². The lowest BCUT2D eigenvalue weighted by Gasteiger charge is -2.25. The molecule has 132 valence electrons. The minimum absolute atomic E-state index is 0.0419. The lowest BCUT2D eigenvalue weighted by molar-refractivity contribution is 0.203. The summed E-state index contributed by atoms with van der Waals surface area (Å²) < 4.78 is 15.2. The molecule has 2 aromatic rings. The van der Waals surface area contributed by atoms with E-state index in [2.05, 4.69) is 20.1 Å². The Bertz CT molecular complexity index is 757. The summed E-state index contributed by atoms with van der Waals surface area (Å²) in [4.78, 5) is 14.5. The van der Waals surface area contributed by atoms with E-state index in [0.717, 1.165) is 50.3 Å². The average Bonchev–Trinajstić information content (AvgIpc) is 3.18. The number of aromatic nitrogens is 3. The van der Waals surface area contributed by atoms with Gasteiger partial charge >= 0.3 is 6.03 Å². The van der Waals surface area contributed by atoms with E-state index < -0.39 is 0 Å². The lowest BCUT2D eigenvalue weighted by atomic mass is 10.2. The fourth-order valence-corrected chi connectivity index (χ4v) is 3.76. The van der Waals surface area contributed by atoms with Crippen molar-refractivity contribution >= 4 is 11.7 Å². The van der Waals surface area contributed by atoms with Gasteiger partial charge in [0.05, 0.1) is 6.04 Å². The zero-order valence-electron chi connectivity index (χ0n) is 14.1. The van der Waals surface area contributed by atoms with Gasteiger partial charge in [-0.3, -0.25) is 0 Å². The van der Waals surface area contributed by atoms with E-state index in [1.165, 1.54) is 18.6 Å². The molecule has 6 nitrogen and oxygen atoms in total. The van der Waals surface area contributed by atoms with Crippen LogP contribution in [0.15, 0.2) is 24.3 Å². The van der Waals surface area contributed by atoms with Crippen molar-refractivity contribution in [2.75, 3.05) is 11.9 Å². The predicted molar refractivity (Wildman–Crippen MR) is 91.7 cm³/mol. The number of likely N-dealkylation sites (tertiary alicyclic amines) is 1. The number of amides is 2. The van der Waals surface area contributed by atoms with Gasteiger partial charge in [0.15, 0.2) is 5.82 Å². The molecule has 0 spiro atoms. The number of carbonyl (C=O) groups excluding carboxylic acids is 1. The first-order valence-electron chi connectivity index (χ1n) is 8.97. The summed E-state index contributed by atoms with van der Waals surface area (Å²) in [6, 6.07) is 5.62. The second-order valence-corrected chi connectivity index (χ2v) is 6.73. The van der Waals surface area contributed by atoms with Crippen LogP contribution in [0.1, 0.15) is 49.8 Å². The summed E-state index contributed by atoms with van der Waals surface area (Å²) >= 11 is 0. The third-order valence-corrected chi connectivity index (χ3v) is 5.05. The van der Waals surface area contributed by atoms with Gasteiger partial charge in [0, 0.05) is 25.2 Å². The second-order valence-electron chi connectivity index (χ2n) is 6.73. The molecule has 0 radical (unpaired) electrons. The van der Waals surface area contributed by atoms with Crippen LogP contribution in [0.4, 0.5) is 14.9 Å². The number of aryl methyl sites for hydroxylation is 1. The summed E-state index contributed by atoms with van der Waals surface area (Å²) in [5, 5.41) is 11.6. The minimum atomic E-state index is -0.316. The van der Waals surface area contributed by atoms with Crippen molar-refractivity contribution in [3.63, 3.8) is 0 Å². The maximum absolute atomic E-state index is 13.0. The van der Waals surface area contributed by atoms with Crippen LogP contribution in [0, 0.1) is 5.82 Å². The maximum atomic E-state index is 13.0. The monoisotopic (exact) mass is 343 g/mol. The third-order valence-electron chi connectivity index (χ3n) is 5.05. The number of carbonyl (C=O) groups is 1. The van der Waals surface area contributed by atoms with Crippen LogP contribution < -0.4 is 5.32 Å². The van der Waals surface area contributed by atoms with Crippen molar-refractivity contribution in [3.05, 3.63) is 41.7 Å². The van der Waals surface area contributed by atoms with Crippen LogP contribution in [0.3, 0.4) is 0 Å². The molecule has 0 unspecified atom stereocenters. The molecule has 3 heterocycles. The number of fused-ring (bicyclic) bond motifs is 1. The number of nitrogens with one attached hydrogen (secondary N) is 1. The van der Waals surface area contributed by atoms with Gasteiger partial charge in [-0.1, -0.05) is 6.42 Å². The van der Waals surface area contributed by atoms with Gasteiger partial charge in [-0.25, -0.2) is 9.18 Å². The fourth-order valence-electron chi connectivity index (χ4n) is 3.76. The van der Waals surface area contributed by atoms with E-state index in [1.54, 1.807) is 12.1 Å². The van der Waals surface area contributed by atoms with Crippen molar-refractivity contribution in [3.8, 4) is 0 Å². The Labute approximate surface area is 146 Å².